The summed E-state index contributed by atoms with van der Waals surface area (Å²) in [5.41, 5.74) is 4.91. The van der Waals surface area contributed by atoms with Gasteiger partial charge in [-0.05, 0) is 24.7 Å². The van der Waals surface area contributed by atoms with Crippen LogP contribution in [0.25, 0.3) is 11.3 Å². The van der Waals surface area contributed by atoms with Gasteiger partial charge in [0.2, 0.25) is 0 Å². The van der Waals surface area contributed by atoms with Gasteiger partial charge < -0.3 is 5.11 Å². The second-order valence-electron chi connectivity index (χ2n) is 7.82. The molecule has 4 rings (SSSR count). The summed E-state index contributed by atoms with van der Waals surface area (Å²) in [6, 6.07) is 12.6. The molecule has 4 nitrogen and oxygen atoms in total. The van der Waals surface area contributed by atoms with Gasteiger partial charge in [-0.1, -0.05) is 56.7 Å². The molecule has 0 bridgehead atoms. The van der Waals surface area contributed by atoms with Crippen molar-refractivity contribution in [2.24, 2.45) is 18.9 Å². The first-order chi connectivity index (χ1) is 12.5. The SMILES string of the molecule is CC[C@@H]1C(O)C(C#N)=C[C@]2(C)c3nn(C)c(-c4ccccc4)c3CC[C@@H]12. The Morgan fingerprint density at radius 2 is 2.08 bits per heavy atom. The predicted molar refractivity (Wildman–Crippen MR) is 101 cm³/mol. The summed E-state index contributed by atoms with van der Waals surface area (Å²) in [4.78, 5) is 0. The Morgan fingerprint density at radius 1 is 1.35 bits per heavy atom. The summed E-state index contributed by atoms with van der Waals surface area (Å²) in [6.07, 6.45) is 4.19. The summed E-state index contributed by atoms with van der Waals surface area (Å²) >= 11 is 0. The van der Waals surface area contributed by atoms with Crippen molar-refractivity contribution in [1.82, 2.24) is 9.78 Å². The minimum atomic E-state index is -0.651. The minimum Gasteiger partial charge on any atom is -0.387 e. The normalized spacial score (nSPS) is 30.1. The third-order valence-corrected chi connectivity index (χ3v) is 6.48. The average Bonchev–Trinajstić information content (AvgIpc) is 3.00. The predicted octanol–water partition coefficient (Wildman–Crippen LogP) is 3.76. The third-order valence-electron chi connectivity index (χ3n) is 6.48. The van der Waals surface area contributed by atoms with Crippen molar-refractivity contribution in [2.75, 3.05) is 0 Å². The highest BCUT2D eigenvalue weighted by Crippen LogP contribution is 2.52. The lowest BCUT2D eigenvalue weighted by atomic mass is 9.56. The van der Waals surface area contributed by atoms with Crippen molar-refractivity contribution < 1.29 is 5.11 Å². The van der Waals surface area contributed by atoms with Crippen LogP contribution in [0.1, 0.15) is 37.9 Å². The van der Waals surface area contributed by atoms with E-state index >= 15 is 0 Å². The number of allylic oxidation sites excluding steroid dienone is 1. The van der Waals surface area contributed by atoms with Crippen LogP contribution >= 0.6 is 0 Å². The second kappa shape index (κ2) is 6.10. The zero-order chi connectivity index (χ0) is 18.5. The quantitative estimate of drug-likeness (QED) is 0.900. The second-order valence-corrected chi connectivity index (χ2v) is 7.82. The van der Waals surface area contributed by atoms with E-state index in [0.717, 1.165) is 25.0 Å². The highest BCUT2D eigenvalue weighted by Gasteiger charge is 2.50. The minimum absolute atomic E-state index is 0.106. The Kier molecular flexibility index (Phi) is 4.00. The number of aliphatic hydroxyl groups is 1. The Hall–Kier alpha value is -2.38. The van der Waals surface area contributed by atoms with E-state index in [2.05, 4.69) is 44.2 Å². The van der Waals surface area contributed by atoms with Crippen LogP contribution in [0.5, 0.6) is 0 Å². The van der Waals surface area contributed by atoms with E-state index in [-0.39, 0.29) is 11.3 Å². The van der Waals surface area contributed by atoms with Gasteiger partial charge in [0.15, 0.2) is 0 Å². The maximum Gasteiger partial charge on any atom is 0.0971 e. The van der Waals surface area contributed by atoms with Gasteiger partial charge in [-0.3, -0.25) is 4.68 Å². The fraction of sp³-hybridized carbons (Fsp3) is 0.455. The van der Waals surface area contributed by atoms with E-state index in [0.29, 0.717) is 11.5 Å². The van der Waals surface area contributed by atoms with Crippen LogP contribution in [0.15, 0.2) is 42.0 Å². The summed E-state index contributed by atoms with van der Waals surface area (Å²) in [5.74, 6) is 0.417. The summed E-state index contributed by atoms with van der Waals surface area (Å²) < 4.78 is 1.99. The molecule has 4 heteroatoms. The maximum absolute atomic E-state index is 10.7. The number of aryl methyl sites for hydroxylation is 1. The fourth-order valence-electron chi connectivity index (χ4n) is 5.27. The number of aromatic nitrogens is 2. The molecule has 1 unspecified atom stereocenters. The van der Waals surface area contributed by atoms with Gasteiger partial charge >= 0.3 is 0 Å². The Balaban J connectivity index is 1.92. The van der Waals surface area contributed by atoms with Gasteiger partial charge in [0.05, 0.1) is 29.1 Å². The van der Waals surface area contributed by atoms with E-state index in [1.165, 1.54) is 16.8 Å². The highest BCUT2D eigenvalue weighted by atomic mass is 16.3. The lowest BCUT2D eigenvalue weighted by Crippen LogP contribution is -2.47. The summed E-state index contributed by atoms with van der Waals surface area (Å²) in [5, 5.41) is 25.1. The zero-order valence-electron chi connectivity index (χ0n) is 15.6. The first-order valence-electron chi connectivity index (χ1n) is 9.44. The van der Waals surface area contributed by atoms with Crippen LogP contribution in [0.4, 0.5) is 0 Å². The van der Waals surface area contributed by atoms with Gasteiger partial charge in [-0.2, -0.15) is 10.4 Å². The molecule has 0 fully saturated rings. The molecular weight excluding hydrogens is 322 g/mol. The molecule has 2 aromatic rings. The Bertz CT molecular complexity index is 905. The van der Waals surface area contributed by atoms with Crippen LogP contribution < -0.4 is 0 Å². The molecule has 0 saturated carbocycles. The molecule has 2 aliphatic rings. The van der Waals surface area contributed by atoms with Crippen molar-refractivity contribution in [3.8, 4) is 17.3 Å². The molecule has 0 spiro atoms. The number of aliphatic hydroxyl groups excluding tert-OH is 1. The van der Waals surface area contributed by atoms with Crippen LogP contribution in [-0.4, -0.2) is 21.0 Å². The zero-order valence-corrected chi connectivity index (χ0v) is 15.6. The standard InChI is InChI=1S/C22H25N3O/c1-4-16-18-11-10-17-19(14-8-6-5-7-9-14)25(3)24-21(17)22(18,2)12-15(13-23)20(16)26/h5-9,12,16,18,20,26H,4,10-11H2,1-3H3/t16-,18-,20?,22-/m0/s1. The van der Waals surface area contributed by atoms with Crippen molar-refractivity contribution in [2.45, 2.75) is 44.6 Å². The molecule has 0 amide bonds. The molecule has 0 radical (unpaired) electrons. The fourth-order valence-corrected chi connectivity index (χ4v) is 5.27. The van der Waals surface area contributed by atoms with Gasteiger partial charge in [0.1, 0.15) is 0 Å². The van der Waals surface area contributed by atoms with Crippen LogP contribution in [0, 0.1) is 23.2 Å². The van der Waals surface area contributed by atoms with E-state index in [1.54, 1.807) is 0 Å². The van der Waals surface area contributed by atoms with Crippen LogP contribution in [-0.2, 0) is 18.9 Å². The molecule has 1 N–H and O–H groups in total. The number of nitriles is 1. The Labute approximate surface area is 154 Å². The molecule has 1 heterocycles. The maximum atomic E-state index is 10.7. The first kappa shape index (κ1) is 17.1. The lowest BCUT2D eigenvalue weighted by Gasteiger charge is -2.47. The van der Waals surface area contributed by atoms with E-state index in [1.807, 2.05) is 23.9 Å². The molecule has 0 aliphatic heterocycles. The average molecular weight is 347 g/mol. The molecule has 134 valence electrons. The van der Waals surface area contributed by atoms with E-state index in [9.17, 15) is 10.4 Å². The van der Waals surface area contributed by atoms with Crippen LogP contribution in [0.2, 0.25) is 0 Å². The van der Waals surface area contributed by atoms with Gasteiger partial charge in [-0.15, -0.1) is 0 Å². The summed E-state index contributed by atoms with van der Waals surface area (Å²) in [7, 11) is 2.00. The molecule has 1 aromatic heterocycles. The third kappa shape index (κ3) is 2.27. The number of hydrogen-bond donors (Lipinski definition) is 1. The van der Waals surface area contributed by atoms with Crippen LogP contribution in [0.3, 0.4) is 0 Å². The Morgan fingerprint density at radius 3 is 2.73 bits per heavy atom. The molecule has 1 aromatic carbocycles. The van der Waals surface area contributed by atoms with Gasteiger partial charge in [0.25, 0.3) is 0 Å². The highest BCUT2D eigenvalue weighted by molar-refractivity contribution is 5.66. The van der Waals surface area contributed by atoms with E-state index < -0.39 is 6.10 Å². The number of nitrogens with zero attached hydrogens (tertiary/aromatic N) is 3. The first-order valence-corrected chi connectivity index (χ1v) is 9.44. The lowest BCUT2D eigenvalue weighted by molar-refractivity contribution is 0.0534. The van der Waals surface area contributed by atoms with Crippen molar-refractivity contribution in [3.63, 3.8) is 0 Å². The molecule has 26 heavy (non-hydrogen) atoms. The molecule has 4 atom stereocenters. The largest absolute Gasteiger partial charge is 0.387 e. The number of hydrogen-bond acceptors (Lipinski definition) is 3. The van der Waals surface area contributed by atoms with Gasteiger partial charge in [0, 0.05) is 23.6 Å². The topological polar surface area (TPSA) is 61.8 Å². The number of fused-ring (bicyclic) bond motifs is 3. The number of rotatable bonds is 2. The monoisotopic (exact) mass is 347 g/mol. The molecule has 2 aliphatic carbocycles. The molecule has 0 saturated heterocycles. The molecular formula is C22H25N3O. The van der Waals surface area contributed by atoms with Crippen molar-refractivity contribution in [3.05, 3.63) is 53.2 Å². The van der Waals surface area contributed by atoms with Crippen molar-refractivity contribution in [1.29, 1.82) is 5.26 Å². The van der Waals surface area contributed by atoms with Crippen molar-refractivity contribution >= 4 is 0 Å². The number of benzene rings is 1. The van der Waals surface area contributed by atoms with E-state index in [4.69, 9.17) is 5.10 Å². The smallest absolute Gasteiger partial charge is 0.0971 e. The van der Waals surface area contributed by atoms with Gasteiger partial charge in [-0.25, -0.2) is 0 Å². The summed E-state index contributed by atoms with van der Waals surface area (Å²) in [6.45, 7) is 4.31.